The SMILES string of the molecule is COC(=O)C[C@H](Cc1ccccc1)NC(=O)[C@@H]1CCCN1. The molecule has 2 rings (SSSR count). The summed E-state index contributed by atoms with van der Waals surface area (Å²) in [5.41, 5.74) is 1.09. The molecular weight excluding hydrogens is 268 g/mol. The Morgan fingerprint density at radius 1 is 1.38 bits per heavy atom. The van der Waals surface area contributed by atoms with Crippen LogP contribution < -0.4 is 10.6 Å². The van der Waals surface area contributed by atoms with Gasteiger partial charge in [-0.2, -0.15) is 0 Å². The van der Waals surface area contributed by atoms with E-state index in [-0.39, 0.29) is 30.4 Å². The van der Waals surface area contributed by atoms with Crippen molar-refractivity contribution < 1.29 is 14.3 Å². The average Bonchev–Trinajstić information content (AvgIpc) is 3.02. The third kappa shape index (κ3) is 4.86. The minimum atomic E-state index is -0.310. The largest absolute Gasteiger partial charge is 0.469 e. The Bertz CT molecular complexity index is 470. The third-order valence-corrected chi connectivity index (χ3v) is 3.69. The number of methoxy groups -OCH3 is 1. The highest BCUT2D eigenvalue weighted by atomic mass is 16.5. The minimum Gasteiger partial charge on any atom is -0.469 e. The van der Waals surface area contributed by atoms with E-state index in [0.717, 1.165) is 24.9 Å². The molecule has 5 heteroatoms. The van der Waals surface area contributed by atoms with E-state index in [9.17, 15) is 9.59 Å². The van der Waals surface area contributed by atoms with Crippen LogP contribution in [0.3, 0.4) is 0 Å². The number of carbonyl (C=O) groups is 2. The molecule has 1 heterocycles. The van der Waals surface area contributed by atoms with E-state index >= 15 is 0 Å². The molecule has 0 saturated carbocycles. The Morgan fingerprint density at radius 3 is 2.76 bits per heavy atom. The summed E-state index contributed by atoms with van der Waals surface area (Å²) in [6.45, 7) is 0.873. The molecule has 2 atom stereocenters. The summed E-state index contributed by atoms with van der Waals surface area (Å²) in [6.07, 6.45) is 2.67. The maximum atomic E-state index is 12.2. The number of hydrogen-bond acceptors (Lipinski definition) is 4. The van der Waals surface area contributed by atoms with Gasteiger partial charge in [-0.05, 0) is 31.4 Å². The molecule has 1 aromatic carbocycles. The van der Waals surface area contributed by atoms with Gasteiger partial charge in [0.25, 0.3) is 0 Å². The molecule has 0 spiro atoms. The number of hydrogen-bond donors (Lipinski definition) is 2. The Hall–Kier alpha value is -1.88. The summed E-state index contributed by atoms with van der Waals surface area (Å²) in [5.74, 6) is -0.340. The molecule has 1 aliphatic rings. The summed E-state index contributed by atoms with van der Waals surface area (Å²) >= 11 is 0. The monoisotopic (exact) mass is 290 g/mol. The van der Waals surface area contributed by atoms with Crippen LogP contribution in [0.2, 0.25) is 0 Å². The zero-order valence-corrected chi connectivity index (χ0v) is 12.3. The first-order valence-electron chi connectivity index (χ1n) is 7.33. The quantitative estimate of drug-likeness (QED) is 0.768. The molecule has 0 unspecified atom stereocenters. The van der Waals surface area contributed by atoms with Crippen molar-refractivity contribution in [2.45, 2.75) is 37.8 Å². The second kappa shape index (κ2) is 7.78. The first-order chi connectivity index (χ1) is 10.2. The molecule has 1 saturated heterocycles. The van der Waals surface area contributed by atoms with Gasteiger partial charge in [-0.15, -0.1) is 0 Å². The summed E-state index contributed by atoms with van der Waals surface area (Å²) in [5, 5.41) is 6.14. The van der Waals surface area contributed by atoms with Crippen LogP contribution in [0.4, 0.5) is 0 Å². The maximum Gasteiger partial charge on any atom is 0.307 e. The molecule has 2 N–H and O–H groups in total. The molecule has 0 radical (unpaired) electrons. The van der Waals surface area contributed by atoms with Crippen molar-refractivity contribution in [1.29, 1.82) is 0 Å². The fourth-order valence-corrected chi connectivity index (χ4v) is 2.57. The van der Waals surface area contributed by atoms with Crippen molar-refractivity contribution in [2.24, 2.45) is 0 Å². The molecule has 114 valence electrons. The number of ether oxygens (including phenoxy) is 1. The zero-order valence-electron chi connectivity index (χ0n) is 12.3. The number of amides is 1. The van der Waals surface area contributed by atoms with E-state index in [1.165, 1.54) is 7.11 Å². The van der Waals surface area contributed by atoms with E-state index in [0.29, 0.717) is 6.42 Å². The van der Waals surface area contributed by atoms with Crippen LogP contribution in [-0.2, 0) is 20.7 Å². The smallest absolute Gasteiger partial charge is 0.307 e. The van der Waals surface area contributed by atoms with Gasteiger partial charge in [0.15, 0.2) is 0 Å². The summed E-state index contributed by atoms with van der Waals surface area (Å²) in [4.78, 5) is 23.7. The lowest BCUT2D eigenvalue weighted by Gasteiger charge is -2.20. The van der Waals surface area contributed by atoms with Crippen LogP contribution in [0.1, 0.15) is 24.8 Å². The number of esters is 1. The van der Waals surface area contributed by atoms with Gasteiger partial charge in [0, 0.05) is 6.04 Å². The van der Waals surface area contributed by atoms with Gasteiger partial charge in [-0.25, -0.2) is 0 Å². The second-order valence-electron chi connectivity index (χ2n) is 5.32. The molecule has 1 aromatic rings. The normalized spacial score (nSPS) is 19.0. The van der Waals surface area contributed by atoms with Crippen molar-refractivity contribution in [3.05, 3.63) is 35.9 Å². The summed E-state index contributed by atoms with van der Waals surface area (Å²) in [7, 11) is 1.36. The van der Waals surface area contributed by atoms with Crippen LogP contribution in [0.25, 0.3) is 0 Å². The molecular formula is C16H22N2O3. The lowest BCUT2D eigenvalue weighted by Crippen LogP contribution is -2.46. The molecule has 1 amide bonds. The Kier molecular flexibility index (Phi) is 5.75. The van der Waals surface area contributed by atoms with Crippen LogP contribution in [0.5, 0.6) is 0 Å². The molecule has 0 bridgehead atoms. The van der Waals surface area contributed by atoms with Gasteiger partial charge in [-0.3, -0.25) is 9.59 Å². The molecule has 1 aliphatic heterocycles. The van der Waals surface area contributed by atoms with E-state index in [1.54, 1.807) is 0 Å². The Labute approximate surface area is 125 Å². The fraction of sp³-hybridized carbons (Fsp3) is 0.500. The number of benzene rings is 1. The maximum absolute atomic E-state index is 12.2. The molecule has 21 heavy (non-hydrogen) atoms. The van der Waals surface area contributed by atoms with Gasteiger partial charge < -0.3 is 15.4 Å². The van der Waals surface area contributed by atoms with E-state index in [4.69, 9.17) is 4.74 Å². The minimum absolute atomic E-state index is 0.0302. The highest BCUT2D eigenvalue weighted by Gasteiger charge is 2.25. The average molecular weight is 290 g/mol. The first kappa shape index (κ1) is 15.5. The topological polar surface area (TPSA) is 67.4 Å². The lowest BCUT2D eigenvalue weighted by atomic mass is 10.0. The van der Waals surface area contributed by atoms with Crippen molar-refractivity contribution >= 4 is 11.9 Å². The number of rotatable bonds is 6. The van der Waals surface area contributed by atoms with E-state index in [1.807, 2.05) is 30.3 Å². The highest BCUT2D eigenvalue weighted by molar-refractivity contribution is 5.83. The van der Waals surface area contributed by atoms with E-state index in [2.05, 4.69) is 10.6 Å². The predicted octanol–water partition coefficient (Wildman–Crippen LogP) is 1.03. The number of carbonyl (C=O) groups excluding carboxylic acids is 2. The lowest BCUT2D eigenvalue weighted by molar-refractivity contribution is -0.141. The van der Waals surface area contributed by atoms with Gasteiger partial charge in [0.05, 0.1) is 19.6 Å². The predicted molar refractivity (Wildman–Crippen MR) is 79.7 cm³/mol. The van der Waals surface area contributed by atoms with Crippen molar-refractivity contribution in [1.82, 2.24) is 10.6 Å². The van der Waals surface area contributed by atoms with Gasteiger partial charge in [-0.1, -0.05) is 30.3 Å². The first-order valence-corrected chi connectivity index (χ1v) is 7.33. The van der Waals surface area contributed by atoms with Crippen molar-refractivity contribution in [2.75, 3.05) is 13.7 Å². The highest BCUT2D eigenvalue weighted by Crippen LogP contribution is 2.09. The van der Waals surface area contributed by atoms with Gasteiger partial charge in [0.2, 0.25) is 5.91 Å². The molecule has 0 aliphatic carbocycles. The molecule has 0 aromatic heterocycles. The molecule has 1 fully saturated rings. The van der Waals surface area contributed by atoms with Crippen LogP contribution in [-0.4, -0.2) is 37.6 Å². The van der Waals surface area contributed by atoms with Gasteiger partial charge in [0.1, 0.15) is 0 Å². The Morgan fingerprint density at radius 2 is 2.14 bits per heavy atom. The van der Waals surface area contributed by atoms with Gasteiger partial charge >= 0.3 is 5.97 Å². The van der Waals surface area contributed by atoms with Crippen molar-refractivity contribution in [3.8, 4) is 0 Å². The fourth-order valence-electron chi connectivity index (χ4n) is 2.57. The van der Waals surface area contributed by atoms with Crippen molar-refractivity contribution in [3.63, 3.8) is 0 Å². The van der Waals surface area contributed by atoms with E-state index < -0.39 is 0 Å². The van der Waals surface area contributed by atoms with Crippen LogP contribution in [0.15, 0.2) is 30.3 Å². The second-order valence-corrected chi connectivity index (χ2v) is 5.32. The number of nitrogens with one attached hydrogen (secondary N) is 2. The molecule has 5 nitrogen and oxygen atoms in total. The summed E-state index contributed by atoms with van der Waals surface area (Å²) in [6, 6.07) is 9.44. The third-order valence-electron chi connectivity index (χ3n) is 3.69. The Balaban J connectivity index is 1.97. The van der Waals surface area contributed by atoms with Crippen LogP contribution in [0, 0.1) is 0 Å². The van der Waals surface area contributed by atoms with Crippen LogP contribution >= 0.6 is 0 Å². The standard InChI is InChI=1S/C16H22N2O3/c1-21-15(19)11-13(10-12-6-3-2-4-7-12)18-16(20)14-8-5-9-17-14/h2-4,6-7,13-14,17H,5,8-11H2,1H3,(H,18,20)/t13-,14-/m0/s1. The zero-order chi connectivity index (χ0) is 15.1. The summed E-state index contributed by atoms with van der Waals surface area (Å²) < 4.78 is 4.72.